The van der Waals surface area contributed by atoms with E-state index in [4.69, 9.17) is 21.4 Å². The Hall–Kier alpha value is -2.14. The van der Waals surface area contributed by atoms with E-state index >= 15 is 0 Å². The molecule has 0 unspecified atom stereocenters. The molecule has 0 spiro atoms. The summed E-state index contributed by atoms with van der Waals surface area (Å²) in [4.78, 5) is 4.37. The minimum Gasteiger partial charge on any atom is -0.409 e. The van der Waals surface area contributed by atoms with Gasteiger partial charge in [-0.3, -0.25) is 0 Å². The Labute approximate surface area is 153 Å². The molecule has 4 nitrogen and oxygen atoms in total. The summed E-state index contributed by atoms with van der Waals surface area (Å²) in [6.07, 6.45) is 5.05. The predicted molar refractivity (Wildman–Crippen MR) is 103 cm³/mol. The Morgan fingerprint density at radius 1 is 1.16 bits per heavy atom. The van der Waals surface area contributed by atoms with Crippen LogP contribution in [0.1, 0.15) is 43.9 Å². The summed E-state index contributed by atoms with van der Waals surface area (Å²) in [7, 11) is 0. The molecular formula is C20H24N2O2S. The van der Waals surface area contributed by atoms with Crippen LogP contribution in [0.3, 0.4) is 0 Å². The van der Waals surface area contributed by atoms with Crippen molar-refractivity contribution < 1.29 is 9.15 Å². The van der Waals surface area contributed by atoms with Crippen LogP contribution < -0.4 is 4.74 Å². The molecule has 1 aromatic carbocycles. The molecule has 0 N–H and O–H groups in total. The minimum absolute atomic E-state index is 0.230. The van der Waals surface area contributed by atoms with Gasteiger partial charge in [0.25, 0.3) is 0 Å². The molecule has 2 heterocycles. The Balaban J connectivity index is 1.87. The van der Waals surface area contributed by atoms with Crippen molar-refractivity contribution in [3.63, 3.8) is 0 Å². The van der Waals surface area contributed by atoms with E-state index in [0.29, 0.717) is 16.0 Å². The van der Waals surface area contributed by atoms with Crippen molar-refractivity contribution in [2.24, 2.45) is 0 Å². The van der Waals surface area contributed by atoms with Gasteiger partial charge >= 0.3 is 6.08 Å². The van der Waals surface area contributed by atoms with Crippen LogP contribution in [0.15, 0.2) is 34.7 Å². The number of nitrogens with zero attached hydrogens (tertiary/aromatic N) is 2. The first-order chi connectivity index (χ1) is 12.1. The van der Waals surface area contributed by atoms with Crippen molar-refractivity contribution in [1.29, 1.82) is 0 Å². The lowest BCUT2D eigenvalue weighted by Crippen LogP contribution is -2.08. The number of benzene rings is 1. The number of hydrogen-bond donors (Lipinski definition) is 0. The number of aryl methyl sites for hydroxylation is 1. The first-order valence-electron chi connectivity index (χ1n) is 8.84. The third-order valence-corrected chi connectivity index (χ3v) is 4.91. The zero-order valence-electron chi connectivity index (χ0n) is 15.0. The summed E-state index contributed by atoms with van der Waals surface area (Å²) in [6, 6.07) is 9.57. The monoisotopic (exact) mass is 356 g/mol. The van der Waals surface area contributed by atoms with Crippen molar-refractivity contribution in [1.82, 2.24) is 9.55 Å². The van der Waals surface area contributed by atoms with Crippen LogP contribution >= 0.6 is 12.2 Å². The quantitative estimate of drug-likeness (QED) is 0.365. The van der Waals surface area contributed by atoms with E-state index in [1.54, 1.807) is 0 Å². The third-order valence-electron chi connectivity index (χ3n) is 4.49. The molecule has 0 radical (unpaired) electrons. The number of hydrogen-bond acceptors (Lipinski definition) is 4. The van der Waals surface area contributed by atoms with Gasteiger partial charge in [-0.25, -0.2) is 0 Å². The second-order valence-electron chi connectivity index (χ2n) is 6.34. The van der Waals surface area contributed by atoms with Crippen LogP contribution in [0.25, 0.3) is 11.1 Å². The molecule has 0 saturated carbocycles. The molecule has 0 aliphatic heterocycles. The van der Waals surface area contributed by atoms with Crippen LogP contribution in [-0.4, -0.2) is 9.55 Å². The molecule has 3 aromatic rings. The van der Waals surface area contributed by atoms with E-state index in [2.05, 4.69) is 30.3 Å². The number of aromatic nitrogens is 2. The smallest absolute Gasteiger partial charge is 0.400 e. The maximum absolute atomic E-state index is 5.90. The van der Waals surface area contributed by atoms with Gasteiger partial charge in [0.15, 0.2) is 11.3 Å². The number of ether oxygens (including phenoxy) is 1. The largest absolute Gasteiger partial charge is 0.409 e. The van der Waals surface area contributed by atoms with Crippen molar-refractivity contribution in [2.75, 3.05) is 0 Å². The number of pyridine rings is 1. The Bertz CT molecular complexity index is 894. The van der Waals surface area contributed by atoms with Gasteiger partial charge in [0.05, 0.1) is 0 Å². The maximum Gasteiger partial charge on any atom is 0.400 e. The topological polar surface area (TPSA) is 40.2 Å². The fourth-order valence-electron chi connectivity index (χ4n) is 2.89. The average Bonchev–Trinajstić information content (AvgIpc) is 3.01. The normalized spacial score (nSPS) is 11.2. The summed E-state index contributed by atoms with van der Waals surface area (Å²) in [5, 5.41) is 0. The molecule has 5 heteroatoms. The lowest BCUT2D eigenvalue weighted by Gasteiger charge is -2.16. The summed E-state index contributed by atoms with van der Waals surface area (Å²) < 4.78 is 14.4. The lowest BCUT2D eigenvalue weighted by molar-refractivity contribution is 0.338. The highest BCUT2D eigenvalue weighted by Crippen LogP contribution is 2.28. The molecule has 0 aliphatic carbocycles. The molecule has 2 aromatic heterocycles. The molecule has 0 fully saturated rings. The fraction of sp³-hybridized carbons (Fsp3) is 0.400. The zero-order chi connectivity index (χ0) is 17.8. The van der Waals surface area contributed by atoms with E-state index in [-0.39, 0.29) is 6.08 Å². The molecule has 0 aliphatic rings. The van der Waals surface area contributed by atoms with Crippen LogP contribution in [0.5, 0.6) is 11.8 Å². The summed E-state index contributed by atoms with van der Waals surface area (Å²) >= 11 is 5.67. The van der Waals surface area contributed by atoms with Crippen LogP contribution in [-0.2, 0) is 6.54 Å². The van der Waals surface area contributed by atoms with Crippen LogP contribution in [0.4, 0.5) is 0 Å². The van der Waals surface area contributed by atoms with Gasteiger partial charge in [-0.2, -0.15) is 4.98 Å². The molecule has 25 heavy (non-hydrogen) atoms. The predicted octanol–water partition coefficient (Wildman–Crippen LogP) is 6.35. The minimum atomic E-state index is 0.230. The highest BCUT2D eigenvalue weighted by Gasteiger charge is 2.12. The van der Waals surface area contributed by atoms with E-state index in [9.17, 15) is 0 Å². The van der Waals surface area contributed by atoms with Gasteiger partial charge < -0.3 is 13.7 Å². The van der Waals surface area contributed by atoms with E-state index in [1.165, 1.54) is 25.0 Å². The highest BCUT2D eigenvalue weighted by atomic mass is 32.1. The van der Waals surface area contributed by atoms with Gasteiger partial charge in [-0.15, -0.1) is 0 Å². The number of oxazole rings is 1. The van der Waals surface area contributed by atoms with E-state index in [1.807, 2.05) is 30.3 Å². The number of para-hydroxylation sites is 2. The van der Waals surface area contributed by atoms with Crippen LogP contribution in [0.2, 0.25) is 0 Å². The number of unbranched alkanes of at least 4 members (excludes halogenated alkanes) is 3. The summed E-state index contributed by atoms with van der Waals surface area (Å²) in [5.41, 5.74) is 3.82. The molecule has 132 valence electrons. The fourth-order valence-corrected chi connectivity index (χ4v) is 3.22. The zero-order valence-corrected chi connectivity index (χ0v) is 15.9. The maximum atomic E-state index is 5.90. The first-order valence-corrected chi connectivity index (χ1v) is 9.25. The summed E-state index contributed by atoms with van der Waals surface area (Å²) in [5.74, 6) is 0.625. The Morgan fingerprint density at radius 3 is 2.72 bits per heavy atom. The van der Waals surface area contributed by atoms with Gasteiger partial charge in [0, 0.05) is 12.2 Å². The van der Waals surface area contributed by atoms with Gasteiger partial charge in [0.2, 0.25) is 0 Å². The Kier molecular flexibility index (Phi) is 5.53. The van der Waals surface area contributed by atoms with Crippen LogP contribution in [0, 0.1) is 18.5 Å². The van der Waals surface area contributed by atoms with Gasteiger partial charge in [0.1, 0.15) is 10.2 Å². The SMILES string of the molecule is CCCCCCn1c(C)c(C)cc(Oc2nc3ccccc3o2)c1=S. The first kappa shape index (κ1) is 17.7. The second kappa shape index (κ2) is 7.83. The van der Waals surface area contributed by atoms with Crippen molar-refractivity contribution in [3.05, 3.63) is 46.2 Å². The number of fused-ring (bicyclic) bond motifs is 1. The van der Waals surface area contributed by atoms with E-state index < -0.39 is 0 Å². The summed E-state index contributed by atoms with van der Waals surface area (Å²) in [6.45, 7) is 7.31. The van der Waals surface area contributed by atoms with Crippen molar-refractivity contribution in [3.8, 4) is 11.8 Å². The third kappa shape index (κ3) is 3.93. The van der Waals surface area contributed by atoms with Gasteiger partial charge in [-0.1, -0.05) is 50.5 Å². The van der Waals surface area contributed by atoms with Crippen molar-refractivity contribution >= 4 is 23.3 Å². The number of rotatable bonds is 7. The van der Waals surface area contributed by atoms with Crippen molar-refractivity contribution in [2.45, 2.75) is 53.0 Å². The lowest BCUT2D eigenvalue weighted by atomic mass is 10.2. The molecule has 3 rings (SSSR count). The highest BCUT2D eigenvalue weighted by molar-refractivity contribution is 7.71. The molecule has 0 saturated heterocycles. The Morgan fingerprint density at radius 2 is 1.96 bits per heavy atom. The second-order valence-corrected chi connectivity index (χ2v) is 6.73. The van der Waals surface area contributed by atoms with Gasteiger partial charge in [-0.05, 0) is 44.0 Å². The van der Waals surface area contributed by atoms with E-state index in [0.717, 1.165) is 24.0 Å². The molecule has 0 bridgehead atoms. The average molecular weight is 356 g/mol. The molecule has 0 amide bonds. The molecular weight excluding hydrogens is 332 g/mol. The molecule has 0 atom stereocenters. The standard InChI is InChI=1S/C20H24N2O2S/c1-4-5-6-9-12-22-15(3)14(2)13-18(19(22)25)24-20-21-16-10-7-8-11-17(16)23-20/h7-8,10-11,13H,4-6,9,12H2,1-3H3.